The first-order valence-corrected chi connectivity index (χ1v) is 8.92. The predicted molar refractivity (Wildman–Crippen MR) is 102 cm³/mol. The van der Waals surface area contributed by atoms with Crippen LogP contribution in [0.25, 0.3) is 10.9 Å². The van der Waals surface area contributed by atoms with Gasteiger partial charge >= 0.3 is 0 Å². The summed E-state index contributed by atoms with van der Waals surface area (Å²) in [5, 5.41) is 0.636. The van der Waals surface area contributed by atoms with Crippen LogP contribution in [0.15, 0.2) is 57.2 Å². The fourth-order valence-electron chi connectivity index (χ4n) is 2.76. The Bertz CT molecular complexity index is 961. The minimum Gasteiger partial charge on any atom is -0.493 e. The van der Waals surface area contributed by atoms with Gasteiger partial charge in [0.05, 0.1) is 30.0 Å². The summed E-state index contributed by atoms with van der Waals surface area (Å²) in [7, 11) is 3.17. The largest absolute Gasteiger partial charge is 0.493 e. The van der Waals surface area contributed by atoms with Gasteiger partial charge in [0.1, 0.15) is 0 Å². The van der Waals surface area contributed by atoms with Gasteiger partial charge in [-0.15, -0.1) is 0 Å². The maximum atomic E-state index is 13.0. The average molecular weight is 355 g/mol. The lowest BCUT2D eigenvalue weighted by molar-refractivity contribution is 0.355. The van der Waals surface area contributed by atoms with Crippen molar-refractivity contribution in [2.75, 3.05) is 14.2 Å². The van der Waals surface area contributed by atoms with Gasteiger partial charge in [0.15, 0.2) is 11.5 Å². The van der Waals surface area contributed by atoms with Crippen LogP contribution in [0.2, 0.25) is 0 Å². The van der Waals surface area contributed by atoms with E-state index in [2.05, 4.69) is 23.6 Å². The molecule has 5 heteroatoms. The number of fused-ring (bicyclic) bond motifs is 1. The summed E-state index contributed by atoms with van der Waals surface area (Å²) in [5.74, 6) is 1.18. The van der Waals surface area contributed by atoms with E-state index < -0.39 is 0 Å². The number of pyridine rings is 1. The zero-order valence-corrected chi connectivity index (χ0v) is 15.6. The lowest BCUT2D eigenvalue weighted by atomic mass is 10.2. The minimum atomic E-state index is 0.00577. The first-order valence-electron chi connectivity index (χ1n) is 8.11. The molecular weight excluding hydrogens is 334 g/mol. The monoisotopic (exact) mass is 355 g/mol. The van der Waals surface area contributed by atoms with Gasteiger partial charge in [-0.1, -0.05) is 29.5 Å². The van der Waals surface area contributed by atoms with Crippen LogP contribution < -0.4 is 14.9 Å². The normalized spacial score (nSPS) is 10.9. The standard InChI is InChI=1S/C20H21NO3S/c1-5-21-12-19(25-14-8-6-13(2)7-9-14)20(22)15-10-17(23-3)18(24-4)11-16(15)21/h6-12H,5H2,1-4H3. The minimum absolute atomic E-state index is 0.00577. The first kappa shape index (κ1) is 17.4. The summed E-state index contributed by atoms with van der Waals surface area (Å²) in [6.07, 6.45) is 1.92. The molecule has 0 aliphatic carbocycles. The molecule has 0 saturated carbocycles. The Kier molecular flexibility index (Phi) is 5.04. The molecule has 4 nitrogen and oxygen atoms in total. The zero-order valence-electron chi connectivity index (χ0n) is 14.8. The second-order valence-electron chi connectivity index (χ2n) is 5.75. The van der Waals surface area contributed by atoms with Gasteiger partial charge in [0.25, 0.3) is 0 Å². The molecule has 130 valence electrons. The second-order valence-corrected chi connectivity index (χ2v) is 6.86. The molecule has 3 aromatic rings. The van der Waals surface area contributed by atoms with E-state index in [-0.39, 0.29) is 5.43 Å². The van der Waals surface area contributed by atoms with E-state index in [9.17, 15) is 4.79 Å². The summed E-state index contributed by atoms with van der Waals surface area (Å²) in [5.41, 5.74) is 2.05. The molecule has 0 aliphatic heterocycles. The van der Waals surface area contributed by atoms with Crippen LogP contribution in [0, 0.1) is 6.92 Å². The van der Waals surface area contributed by atoms with Crippen molar-refractivity contribution < 1.29 is 9.47 Å². The Morgan fingerprint density at radius 3 is 2.28 bits per heavy atom. The van der Waals surface area contributed by atoms with E-state index in [4.69, 9.17) is 9.47 Å². The molecule has 1 heterocycles. The van der Waals surface area contributed by atoms with Gasteiger partial charge < -0.3 is 14.0 Å². The molecule has 3 rings (SSSR count). The number of methoxy groups -OCH3 is 2. The summed E-state index contributed by atoms with van der Waals surface area (Å²) in [6.45, 7) is 4.86. The number of aromatic nitrogens is 1. The Morgan fingerprint density at radius 2 is 1.68 bits per heavy atom. The molecule has 0 saturated heterocycles. The molecule has 0 unspecified atom stereocenters. The third-order valence-electron chi connectivity index (χ3n) is 4.14. The highest BCUT2D eigenvalue weighted by molar-refractivity contribution is 7.99. The smallest absolute Gasteiger partial charge is 0.203 e. The summed E-state index contributed by atoms with van der Waals surface area (Å²) < 4.78 is 12.8. The van der Waals surface area contributed by atoms with Crippen LogP contribution in [-0.4, -0.2) is 18.8 Å². The first-order chi connectivity index (χ1) is 12.1. The number of benzene rings is 2. The van der Waals surface area contributed by atoms with Gasteiger partial charge in [-0.05, 0) is 32.0 Å². The van der Waals surface area contributed by atoms with Crippen LogP contribution in [0.4, 0.5) is 0 Å². The maximum Gasteiger partial charge on any atom is 0.203 e. The molecule has 0 N–H and O–H groups in total. The van der Waals surface area contributed by atoms with Crippen LogP contribution >= 0.6 is 11.8 Å². The van der Waals surface area contributed by atoms with Crippen molar-refractivity contribution in [3.63, 3.8) is 0 Å². The molecule has 2 aromatic carbocycles. The van der Waals surface area contributed by atoms with Crippen molar-refractivity contribution >= 4 is 22.7 Å². The van der Waals surface area contributed by atoms with Crippen molar-refractivity contribution in [1.29, 1.82) is 0 Å². The third-order valence-corrected chi connectivity index (χ3v) is 5.16. The fraction of sp³-hybridized carbons (Fsp3) is 0.250. The molecule has 0 fully saturated rings. The number of rotatable bonds is 5. The van der Waals surface area contributed by atoms with Gasteiger partial charge in [0, 0.05) is 23.7 Å². The number of hydrogen-bond donors (Lipinski definition) is 0. The summed E-state index contributed by atoms with van der Waals surface area (Å²) in [6, 6.07) is 11.8. The molecular formula is C20H21NO3S. The van der Waals surface area contributed by atoms with Crippen molar-refractivity contribution in [3.05, 3.63) is 58.4 Å². The number of ether oxygens (including phenoxy) is 2. The van der Waals surface area contributed by atoms with E-state index in [1.165, 1.54) is 17.3 Å². The van der Waals surface area contributed by atoms with Crippen molar-refractivity contribution in [1.82, 2.24) is 4.57 Å². The van der Waals surface area contributed by atoms with Crippen molar-refractivity contribution in [3.8, 4) is 11.5 Å². The number of nitrogens with zero attached hydrogens (tertiary/aromatic N) is 1. The van der Waals surface area contributed by atoms with Crippen molar-refractivity contribution in [2.24, 2.45) is 0 Å². The molecule has 0 amide bonds. The van der Waals surface area contributed by atoms with E-state index in [0.717, 1.165) is 17.0 Å². The molecule has 0 radical (unpaired) electrons. The van der Waals surface area contributed by atoms with Crippen molar-refractivity contribution in [2.45, 2.75) is 30.2 Å². The molecule has 25 heavy (non-hydrogen) atoms. The zero-order chi connectivity index (χ0) is 18.0. The highest BCUT2D eigenvalue weighted by atomic mass is 32.2. The third kappa shape index (κ3) is 3.37. The lowest BCUT2D eigenvalue weighted by Crippen LogP contribution is -2.11. The Labute approximate surface area is 151 Å². The maximum absolute atomic E-state index is 13.0. The van der Waals surface area contributed by atoms with E-state index >= 15 is 0 Å². The predicted octanol–water partition coefficient (Wildman–Crippen LogP) is 4.50. The van der Waals surface area contributed by atoms with Gasteiger partial charge in [0.2, 0.25) is 5.43 Å². The highest BCUT2D eigenvalue weighted by Gasteiger charge is 2.14. The average Bonchev–Trinajstić information content (AvgIpc) is 2.64. The van der Waals surface area contributed by atoms with Crippen LogP contribution in [0.5, 0.6) is 11.5 Å². The van der Waals surface area contributed by atoms with Crippen LogP contribution in [-0.2, 0) is 6.54 Å². The topological polar surface area (TPSA) is 40.5 Å². The lowest BCUT2D eigenvalue weighted by Gasteiger charge is -2.14. The van der Waals surface area contributed by atoms with E-state index in [0.29, 0.717) is 21.8 Å². The molecule has 0 bridgehead atoms. The van der Waals surface area contributed by atoms with E-state index in [1.54, 1.807) is 20.3 Å². The molecule has 0 aliphatic rings. The molecule has 1 aromatic heterocycles. The quantitative estimate of drug-likeness (QED) is 0.676. The van der Waals surface area contributed by atoms with Gasteiger partial charge in [-0.3, -0.25) is 4.79 Å². The van der Waals surface area contributed by atoms with Gasteiger partial charge in [-0.2, -0.15) is 0 Å². The number of aryl methyl sites for hydroxylation is 2. The van der Waals surface area contributed by atoms with Gasteiger partial charge in [-0.25, -0.2) is 0 Å². The highest BCUT2D eigenvalue weighted by Crippen LogP contribution is 2.33. The fourth-order valence-corrected chi connectivity index (χ4v) is 3.67. The van der Waals surface area contributed by atoms with E-state index in [1.807, 2.05) is 31.3 Å². The van der Waals surface area contributed by atoms with Crippen LogP contribution in [0.1, 0.15) is 12.5 Å². The second kappa shape index (κ2) is 7.23. The number of hydrogen-bond acceptors (Lipinski definition) is 4. The Hall–Kier alpha value is -2.40. The molecule has 0 atom stereocenters. The Morgan fingerprint density at radius 1 is 1.04 bits per heavy atom. The summed E-state index contributed by atoms with van der Waals surface area (Å²) in [4.78, 5) is 14.8. The Balaban J connectivity index is 2.18. The summed E-state index contributed by atoms with van der Waals surface area (Å²) >= 11 is 1.49. The molecule has 0 spiro atoms. The SMILES string of the molecule is CCn1cc(Sc2ccc(C)cc2)c(=O)c2cc(OC)c(OC)cc21. The van der Waals surface area contributed by atoms with Crippen LogP contribution in [0.3, 0.4) is 0 Å².